The second kappa shape index (κ2) is 10.1. The molecule has 3 aromatic rings. The van der Waals surface area contributed by atoms with E-state index < -0.39 is 5.91 Å². The highest BCUT2D eigenvalue weighted by Crippen LogP contribution is 2.27. The van der Waals surface area contributed by atoms with Gasteiger partial charge in [-0.05, 0) is 23.3 Å². The monoisotopic (exact) mass is 404 g/mol. The third-order valence-electron chi connectivity index (χ3n) is 4.72. The molecule has 0 aliphatic rings. The van der Waals surface area contributed by atoms with Gasteiger partial charge < -0.3 is 9.47 Å². The Morgan fingerprint density at radius 3 is 1.73 bits per heavy atom. The van der Waals surface area contributed by atoms with Gasteiger partial charge in [0.1, 0.15) is 11.5 Å². The van der Waals surface area contributed by atoms with Gasteiger partial charge in [-0.2, -0.15) is 0 Å². The number of ether oxygens (including phenoxy) is 2. The smallest absolute Gasteiger partial charge is 0.269 e. The fraction of sp³-hybridized carbons (Fsp3) is 0.167. The van der Waals surface area contributed by atoms with E-state index in [0.29, 0.717) is 17.1 Å². The second-order valence-corrected chi connectivity index (χ2v) is 6.68. The molecule has 3 rings (SSSR count). The van der Waals surface area contributed by atoms with Crippen molar-refractivity contribution in [2.75, 3.05) is 14.2 Å². The molecule has 3 aromatic carbocycles. The van der Waals surface area contributed by atoms with Gasteiger partial charge >= 0.3 is 0 Å². The highest BCUT2D eigenvalue weighted by molar-refractivity contribution is 5.96. The quantitative estimate of drug-likeness (QED) is 0.589. The van der Waals surface area contributed by atoms with Crippen molar-refractivity contribution in [1.29, 1.82) is 0 Å². The molecule has 0 bridgehead atoms. The predicted molar refractivity (Wildman–Crippen MR) is 114 cm³/mol. The molecule has 6 heteroatoms. The summed E-state index contributed by atoms with van der Waals surface area (Å²) in [5, 5.41) is 0. The number of hydrogen-bond donors (Lipinski definition) is 2. The molecule has 154 valence electrons. The Morgan fingerprint density at radius 2 is 1.27 bits per heavy atom. The zero-order valence-electron chi connectivity index (χ0n) is 16.9. The minimum atomic E-state index is -0.462. The first-order chi connectivity index (χ1) is 14.6. The summed E-state index contributed by atoms with van der Waals surface area (Å²) in [6, 6.07) is 24.4. The van der Waals surface area contributed by atoms with Crippen LogP contribution in [0.1, 0.15) is 33.8 Å². The number of carbonyl (C=O) groups is 2. The van der Waals surface area contributed by atoms with E-state index in [1.165, 1.54) is 14.2 Å². The molecular formula is C24H24N2O4. The number of benzene rings is 3. The summed E-state index contributed by atoms with van der Waals surface area (Å²) >= 11 is 0. The summed E-state index contributed by atoms with van der Waals surface area (Å²) in [6.45, 7) is 0. The Morgan fingerprint density at radius 1 is 0.767 bits per heavy atom. The normalized spacial score (nSPS) is 10.4. The van der Waals surface area contributed by atoms with Crippen molar-refractivity contribution in [1.82, 2.24) is 10.9 Å². The number of amides is 2. The zero-order valence-corrected chi connectivity index (χ0v) is 16.9. The lowest BCUT2D eigenvalue weighted by atomic mass is 9.88. The summed E-state index contributed by atoms with van der Waals surface area (Å²) in [6.07, 6.45) is 0.190. The van der Waals surface area contributed by atoms with Crippen molar-refractivity contribution in [3.63, 3.8) is 0 Å². The zero-order chi connectivity index (χ0) is 21.3. The van der Waals surface area contributed by atoms with Crippen LogP contribution in [-0.4, -0.2) is 26.0 Å². The first-order valence-electron chi connectivity index (χ1n) is 9.53. The maximum atomic E-state index is 12.6. The highest BCUT2D eigenvalue weighted by atomic mass is 16.5. The SMILES string of the molecule is COc1cc(OC)cc(C(=O)NNC(=O)CC(c2ccccc2)c2ccccc2)c1. The van der Waals surface area contributed by atoms with Crippen molar-refractivity contribution in [2.24, 2.45) is 0 Å². The summed E-state index contributed by atoms with van der Waals surface area (Å²) in [5.41, 5.74) is 7.34. The van der Waals surface area contributed by atoms with E-state index in [4.69, 9.17) is 9.47 Å². The molecule has 0 saturated carbocycles. The maximum Gasteiger partial charge on any atom is 0.269 e. The molecule has 0 radical (unpaired) electrons. The molecule has 0 aromatic heterocycles. The van der Waals surface area contributed by atoms with Gasteiger partial charge in [-0.1, -0.05) is 60.7 Å². The largest absolute Gasteiger partial charge is 0.497 e. The molecule has 0 aliphatic heterocycles. The minimum Gasteiger partial charge on any atom is -0.497 e. The van der Waals surface area contributed by atoms with Gasteiger partial charge in [0.25, 0.3) is 5.91 Å². The van der Waals surface area contributed by atoms with Crippen LogP contribution >= 0.6 is 0 Å². The minimum absolute atomic E-state index is 0.124. The number of hydrogen-bond acceptors (Lipinski definition) is 4. The van der Waals surface area contributed by atoms with Crippen LogP contribution in [-0.2, 0) is 4.79 Å². The molecule has 0 unspecified atom stereocenters. The topological polar surface area (TPSA) is 76.7 Å². The Kier molecular flexibility index (Phi) is 7.05. The van der Waals surface area contributed by atoms with Crippen molar-refractivity contribution in [3.05, 3.63) is 95.6 Å². The van der Waals surface area contributed by atoms with Crippen molar-refractivity contribution in [2.45, 2.75) is 12.3 Å². The van der Waals surface area contributed by atoms with E-state index >= 15 is 0 Å². The van der Waals surface area contributed by atoms with Crippen LogP contribution in [0, 0.1) is 0 Å². The number of hydrazine groups is 1. The fourth-order valence-electron chi connectivity index (χ4n) is 3.17. The average Bonchev–Trinajstić information content (AvgIpc) is 2.81. The summed E-state index contributed by atoms with van der Waals surface area (Å²) in [4.78, 5) is 25.1. The summed E-state index contributed by atoms with van der Waals surface area (Å²) in [7, 11) is 3.01. The molecule has 30 heavy (non-hydrogen) atoms. The fourth-order valence-corrected chi connectivity index (χ4v) is 3.17. The lowest BCUT2D eigenvalue weighted by Crippen LogP contribution is -2.42. The van der Waals surface area contributed by atoms with E-state index in [1.807, 2.05) is 60.7 Å². The van der Waals surface area contributed by atoms with Gasteiger partial charge in [-0.3, -0.25) is 20.4 Å². The van der Waals surface area contributed by atoms with Crippen molar-refractivity contribution in [3.8, 4) is 11.5 Å². The molecule has 0 fully saturated rings. The Labute approximate surface area is 175 Å². The van der Waals surface area contributed by atoms with E-state index in [1.54, 1.807) is 18.2 Å². The van der Waals surface area contributed by atoms with E-state index in [2.05, 4.69) is 10.9 Å². The molecule has 2 amide bonds. The molecule has 2 N–H and O–H groups in total. The Bertz CT molecular complexity index is 929. The third kappa shape index (κ3) is 5.38. The van der Waals surface area contributed by atoms with E-state index in [9.17, 15) is 9.59 Å². The van der Waals surface area contributed by atoms with Gasteiger partial charge in [0.2, 0.25) is 5.91 Å². The lowest BCUT2D eigenvalue weighted by Gasteiger charge is -2.18. The van der Waals surface area contributed by atoms with Crippen LogP contribution < -0.4 is 20.3 Å². The Balaban J connectivity index is 1.68. The highest BCUT2D eigenvalue weighted by Gasteiger charge is 2.19. The molecule has 0 spiro atoms. The van der Waals surface area contributed by atoms with Crippen LogP contribution in [0.25, 0.3) is 0 Å². The van der Waals surface area contributed by atoms with Gasteiger partial charge in [0.05, 0.1) is 14.2 Å². The molecule has 0 aliphatic carbocycles. The van der Waals surface area contributed by atoms with Gasteiger partial charge in [0.15, 0.2) is 0 Å². The van der Waals surface area contributed by atoms with Gasteiger partial charge in [-0.25, -0.2) is 0 Å². The van der Waals surface area contributed by atoms with E-state index in [-0.39, 0.29) is 18.2 Å². The Hall–Kier alpha value is -3.80. The van der Waals surface area contributed by atoms with Crippen LogP contribution in [0.5, 0.6) is 11.5 Å². The predicted octanol–water partition coefficient (Wildman–Crippen LogP) is 3.69. The van der Waals surface area contributed by atoms with Gasteiger partial charge in [0, 0.05) is 24.0 Å². The number of methoxy groups -OCH3 is 2. The number of carbonyl (C=O) groups excluding carboxylic acids is 2. The van der Waals surface area contributed by atoms with Gasteiger partial charge in [-0.15, -0.1) is 0 Å². The lowest BCUT2D eigenvalue weighted by molar-refractivity contribution is -0.122. The van der Waals surface area contributed by atoms with Crippen LogP contribution in [0.3, 0.4) is 0 Å². The molecule has 0 atom stereocenters. The standard InChI is InChI=1S/C24H24N2O4/c1-29-20-13-19(14-21(15-20)30-2)24(28)26-25-23(27)16-22(17-9-5-3-6-10-17)18-11-7-4-8-12-18/h3-15,22H,16H2,1-2H3,(H,25,27)(H,26,28). The molecular weight excluding hydrogens is 380 g/mol. The third-order valence-corrected chi connectivity index (χ3v) is 4.72. The first kappa shape index (κ1) is 20.9. The van der Waals surface area contributed by atoms with Crippen molar-refractivity contribution < 1.29 is 19.1 Å². The summed E-state index contributed by atoms with van der Waals surface area (Å²) in [5.74, 6) is 0.0896. The molecule has 6 nitrogen and oxygen atoms in total. The number of nitrogens with one attached hydrogen (secondary N) is 2. The first-order valence-corrected chi connectivity index (χ1v) is 9.53. The second-order valence-electron chi connectivity index (χ2n) is 6.68. The van der Waals surface area contributed by atoms with Crippen LogP contribution in [0.2, 0.25) is 0 Å². The molecule has 0 saturated heterocycles. The number of rotatable bonds is 7. The van der Waals surface area contributed by atoms with Crippen LogP contribution in [0.4, 0.5) is 0 Å². The summed E-state index contributed by atoms with van der Waals surface area (Å²) < 4.78 is 10.4. The molecule has 0 heterocycles. The average molecular weight is 404 g/mol. The van der Waals surface area contributed by atoms with Crippen molar-refractivity contribution >= 4 is 11.8 Å². The maximum absolute atomic E-state index is 12.6. The van der Waals surface area contributed by atoms with E-state index in [0.717, 1.165) is 11.1 Å². The van der Waals surface area contributed by atoms with Crippen LogP contribution in [0.15, 0.2) is 78.9 Å².